The Labute approximate surface area is 286 Å². The van der Waals surface area contributed by atoms with E-state index in [0.29, 0.717) is 53.8 Å². The van der Waals surface area contributed by atoms with Crippen LogP contribution in [0.5, 0.6) is 11.5 Å². The summed E-state index contributed by atoms with van der Waals surface area (Å²) < 4.78 is 13.2. The van der Waals surface area contributed by atoms with Gasteiger partial charge in [0.2, 0.25) is 6.10 Å². The molecule has 11 heteroatoms. The molecule has 3 aromatic carbocycles. The Morgan fingerprint density at radius 2 is 1.63 bits per heavy atom. The molecule has 2 aliphatic rings. The van der Waals surface area contributed by atoms with Gasteiger partial charge in [-0.2, -0.15) is 5.10 Å². The van der Waals surface area contributed by atoms with E-state index in [0.717, 1.165) is 36.8 Å². The Balaban J connectivity index is 1.33. The molecular weight excluding hydrogens is 622 g/mol. The number of fused-ring (bicyclic) bond motifs is 2. The van der Waals surface area contributed by atoms with Crippen molar-refractivity contribution in [1.82, 2.24) is 19.6 Å². The van der Waals surface area contributed by atoms with Crippen LogP contribution in [0.2, 0.25) is 0 Å². The summed E-state index contributed by atoms with van der Waals surface area (Å²) in [6.07, 6.45) is 2.07. The van der Waals surface area contributed by atoms with E-state index in [1.165, 1.54) is 4.90 Å². The number of anilines is 1. The summed E-state index contributed by atoms with van der Waals surface area (Å²) >= 11 is 0. The molecule has 0 fully saturated rings. The molecule has 0 unspecified atom stereocenters. The highest BCUT2D eigenvalue weighted by atomic mass is 16.6. The molecule has 0 aliphatic carbocycles. The van der Waals surface area contributed by atoms with Crippen molar-refractivity contribution in [3.63, 3.8) is 0 Å². The van der Waals surface area contributed by atoms with Gasteiger partial charge in [0.15, 0.2) is 17.2 Å². The van der Waals surface area contributed by atoms with Gasteiger partial charge in [0.25, 0.3) is 17.7 Å². The molecule has 6 rings (SSSR count). The number of amides is 3. The number of ether oxygens (including phenoxy) is 2. The van der Waals surface area contributed by atoms with Gasteiger partial charge in [-0.05, 0) is 67.3 Å². The maximum absolute atomic E-state index is 14.4. The molecule has 4 aromatic rings. The first kappa shape index (κ1) is 33.7. The summed E-state index contributed by atoms with van der Waals surface area (Å²) in [6, 6.07) is 21.6. The van der Waals surface area contributed by atoms with Crippen molar-refractivity contribution in [3.05, 3.63) is 101 Å². The number of nitrogens with one attached hydrogen (secondary N) is 1. The molecule has 49 heavy (non-hydrogen) atoms. The quantitative estimate of drug-likeness (QED) is 0.216. The van der Waals surface area contributed by atoms with E-state index in [9.17, 15) is 19.5 Å². The molecule has 0 bridgehead atoms. The lowest BCUT2D eigenvalue weighted by Crippen LogP contribution is -2.44. The summed E-state index contributed by atoms with van der Waals surface area (Å²) in [5, 5.41) is 18.7. The number of hydrogen-bond donors (Lipinski definition) is 2. The molecule has 2 aliphatic heterocycles. The number of rotatable bonds is 11. The Kier molecular flexibility index (Phi) is 10.3. The van der Waals surface area contributed by atoms with E-state index in [2.05, 4.69) is 19.2 Å². The Morgan fingerprint density at radius 1 is 0.939 bits per heavy atom. The van der Waals surface area contributed by atoms with Crippen LogP contribution in [0.15, 0.2) is 72.8 Å². The number of nitrogens with zero attached hydrogens (tertiary/aromatic N) is 4. The molecule has 0 saturated carbocycles. The number of hydrogen-bond acceptors (Lipinski definition) is 7. The molecule has 2 atom stereocenters. The second-order valence-electron chi connectivity index (χ2n) is 12.6. The zero-order valence-electron chi connectivity index (χ0n) is 28.2. The second kappa shape index (κ2) is 14.9. The highest BCUT2D eigenvalue weighted by Gasteiger charge is 2.32. The third-order valence-electron chi connectivity index (χ3n) is 8.96. The lowest BCUT2D eigenvalue weighted by molar-refractivity contribution is -0.125. The highest BCUT2D eigenvalue weighted by molar-refractivity contribution is 6.01. The van der Waals surface area contributed by atoms with Crippen molar-refractivity contribution in [2.24, 2.45) is 0 Å². The summed E-state index contributed by atoms with van der Waals surface area (Å²) in [5.74, 6) is 0.0168. The normalized spacial score (nSPS) is 16.5. The van der Waals surface area contributed by atoms with Crippen molar-refractivity contribution >= 4 is 23.4 Å². The maximum atomic E-state index is 14.4. The van der Waals surface area contributed by atoms with E-state index in [1.807, 2.05) is 42.2 Å². The molecule has 0 radical (unpaired) electrons. The fraction of sp³-hybridized carbons (Fsp3) is 0.368. The van der Waals surface area contributed by atoms with Gasteiger partial charge in [-0.3, -0.25) is 14.4 Å². The molecule has 11 nitrogen and oxygen atoms in total. The predicted molar refractivity (Wildman–Crippen MR) is 185 cm³/mol. The van der Waals surface area contributed by atoms with Crippen LogP contribution in [0.25, 0.3) is 5.69 Å². The highest BCUT2D eigenvalue weighted by Crippen LogP contribution is 2.32. The number of aromatic nitrogens is 2. The van der Waals surface area contributed by atoms with Crippen LogP contribution in [0.3, 0.4) is 0 Å². The number of benzene rings is 3. The number of para-hydroxylation sites is 2. The van der Waals surface area contributed by atoms with Gasteiger partial charge in [0.05, 0.1) is 11.3 Å². The Hall–Kier alpha value is -5.16. The van der Waals surface area contributed by atoms with Crippen LogP contribution in [0, 0.1) is 6.92 Å². The fourth-order valence-corrected chi connectivity index (χ4v) is 6.21. The zero-order valence-corrected chi connectivity index (χ0v) is 28.2. The molecule has 0 spiro atoms. The van der Waals surface area contributed by atoms with Gasteiger partial charge >= 0.3 is 0 Å². The van der Waals surface area contributed by atoms with Gasteiger partial charge in [-0.25, -0.2) is 4.68 Å². The number of carbonyl (C=O) groups excluding carboxylic acids is 3. The van der Waals surface area contributed by atoms with Crippen molar-refractivity contribution in [3.8, 4) is 17.2 Å². The number of aliphatic hydroxyl groups excluding tert-OH is 1. The number of unbranched alkanes of at least 4 members (excludes halogenated alkanes) is 2. The van der Waals surface area contributed by atoms with Gasteiger partial charge in [-0.15, -0.1) is 0 Å². The van der Waals surface area contributed by atoms with E-state index in [-0.39, 0.29) is 24.6 Å². The van der Waals surface area contributed by atoms with E-state index in [1.54, 1.807) is 47.1 Å². The van der Waals surface area contributed by atoms with E-state index >= 15 is 0 Å². The second-order valence-corrected chi connectivity index (χ2v) is 12.6. The smallest absolute Gasteiger partial charge is 0.274 e. The molecule has 3 amide bonds. The number of carbonyl (C=O) groups is 3. The molecular formula is C38H43N5O6. The summed E-state index contributed by atoms with van der Waals surface area (Å²) in [4.78, 5) is 44.6. The third-order valence-corrected chi connectivity index (χ3v) is 8.96. The van der Waals surface area contributed by atoms with Crippen molar-refractivity contribution < 1.29 is 29.0 Å². The van der Waals surface area contributed by atoms with E-state index in [4.69, 9.17) is 14.6 Å². The summed E-state index contributed by atoms with van der Waals surface area (Å²) in [5.41, 5.74) is 3.88. The summed E-state index contributed by atoms with van der Waals surface area (Å²) in [6.45, 7) is 7.56. The van der Waals surface area contributed by atoms with Crippen LogP contribution in [-0.2, 0) is 17.8 Å². The first-order valence-electron chi connectivity index (χ1n) is 17.0. The zero-order chi connectivity index (χ0) is 34.5. The molecule has 0 saturated heterocycles. The largest absolute Gasteiger partial charge is 0.485 e. The monoisotopic (exact) mass is 665 g/mol. The Bertz CT molecular complexity index is 1830. The fourth-order valence-electron chi connectivity index (χ4n) is 6.21. The van der Waals surface area contributed by atoms with Crippen LogP contribution >= 0.6 is 0 Å². The van der Waals surface area contributed by atoms with E-state index < -0.39 is 24.1 Å². The third kappa shape index (κ3) is 7.31. The molecule has 1 aromatic heterocycles. The maximum Gasteiger partial charge on any atom is 0.274 e. The van der Waals surface area contributed by atoms with Gasteiger partial charge in [0.1, 0.15) is 12.8 Å². The van der Waals surface area contributed by atoms with Crippen LogP contribution < -0.4 is 14.8 Å². The summed E-state index contributed by atoms with van der Waals surface area (Å²) in [7, 11) is 0. The number of aliphatic hydroxyl groups is 1. The van der Waals surface area contributed by atoms with Crippen molar-refractivity contribution in [2.45, 2.75) is 71.8 Å². The average molecular weight is 666 g/mol. The molecule has 256 valence electrons. The number of aryl methyl sites for hydroxylation is 1. The minimum Gasteiger partial charge on any atom is -0.485 e. The minimum absolute atomic E-state index is 0.0307. The van der Waals surface area contributed by atoms with Crippen LogP contribution in [0.4, 0.5) is 5.69 Å². The van der Waals surface area contributed by atoms with Crippen molar-refractivity contribution in [1.29, 1.82) is 0 Å². The first-order chi connectivity index (χ1) is 23.8. The van der Waals surface area contributed by atoms with Crippen LogP contribution in [0.1, 0.15) is 77.2 Å². The van der Waals surface area contributed by atoms with Gasteiger partial charge < -0.3 is 29.7 Å². The van der Waals surface area contributed by atoms with Gasteiger partial charge in [-0.1, -0.05) is 63.1 Å². The standard InChI is InChI=1S/C38H43N5O6/c1-4-6-18-41(19-7-5-2)38(47)30-20-25(3)43(40-30)31-17-16-28(39-36(45)34-24-48-32-14-10-11-15-33(32)49-34)22-29(31)37(46)42-23-27-13-9-8-12-26(27)21-35(42)44/h8-17,20,22,34-35,44H,4-7,18-19,21,23-24H2,1-3H3,(H,39,45)/t34-,35+/m0/s1. The Morgan fingerprint density at radius 3 is 2.37 bits per heavy atom. The lowest BCUT2D eigenvalue weighted by Gasteiger charge is -2.34. The first-order valence-corrected chi connectivity index (χ1v) is 17.0. The minimum atomic E-state index is -1.05. The van der Waals surface area contributed by atoms with Crippen molar-refractivity contribution in [2.75, 3.05) is 25.0 Å². The lowest BCUT2D eigenvalue weighted by atomic mass is 9.97. The molecule has 3 heterocycles. The SMILES string of the molecule is CCCCN(CCCC)C(=O)c1cc(C)n(-c2ccc(NC(=O)[C@@H]3COc4ccccc4O3)cc2C(=O)N2Cc3ccccc3C[C@H]2O)n1. The molecule has 2 N–H and O–H groups in total. The predicted octanol–water partition coefficient (Wildman–Crippen LogP) is 5.52. The topological polar surface area (TPSA) is 126 Å². The van der Waals surface area contributed by atoms with Gasteiger partial charge in [0, 0.05) is 37.4 Å². The van der Waals surface area contributed by atoms with Crippen LogP contribution in [-0.4, -0.2) is 74.4 Å². The average Bonchev–Trinajstić information content (AvgIpc) is 3.51.